The van der Waals surface area contributed by atoms with Crippen molar-refractivity contribution in [3.8, 4) is 0 Å². The van der Waals surface area contributed by atoms with Crippen molar-refractivity contribution < 1.29 is 4.79 Å². The molecule has 0 atom stereocenters. The van der Waals surface area contributed by atoms with E-state index in [0.29, 0.717) is 6.54 Å². The molecule has 1 saturated heterocycles. The van der Waals surface area contributed by atoms with Crippen molar-refractivity contribution in [3.05, 3.63) is 11.6 Å². The molecule has 11 heavy (non-hydrogen) atoms. The van der Waals surface area contributed by atoms with E-state index in [-0.39, 0.29) is 5.91 Å². The largest absolute Gasteiger partial charge is 0.339 e. The summed E-state index contributed by atoms with van der Waals surface area (Å²) < 4.78 is 0. The van der Waals surface area contributed by atoms with Crippen molar-refractivity contribution in [2.75, 3.05) is 19.6 Å². The second-order valence-electron chi connectivity index (χ2n) is 2.77. The molecule has 0 bridgehead atoms. The summed E-state index contributed by atoms with van der Waals surface area (Å²) in [5, 5.41) is 0. The number of likely N-dealkylation sites (tertiary alicyclic amines) is 1. The van der Waals surface area contributed by atoms with E-state index in [1.807, 2.05) is 11.8 Å². The highest BCUT2D eigenvalue weighted by Gasteiger charge is 2.20. The van der Waals surface area contributed by atoms with E-state index in [4.69, 9.17) is 5.73 Å². The minimum Gasteiger partial charge on any atom is -0.339 e. The van der Waals surface area contributed by atoms with Gasteiger partial charge in [0.1, 0.15) is 0 Å². The molecule has 0 aromatic rings. The molecule has 0 aliphatic carbocycles. The molecule has 0 unspecified atom stereocenters. The van der Waals surface area contributed by atoms with Crippen LogP contribution in [0.1, 0.15) is 13.3 Å². The number of rotatable bonds is 2. The third-order valence-electron chi connectivity index (χ3n) is 1.90. The predicted octanol–water partition coefficient (Wildman–Crippen LogP) is 0.124. The number of hydrogen-bond donors (Lipinski definition) is 1. The van der Waals surface area contributed by atoms with Gasteiger partial charge >= 0.3 is 0 Å². The number of hydrogen-bond acceptors (Lipinski definition) is 2. The van der Waals surface area contributed by atoms with Gasteiger partial charge in [0.15, 0.2) is 0 Å². The van der Waals surface area contributed by atoms with Crippen molar-refractivity contribution in [2.45, 2.75) is 13.3 Å². The molecule has 2 N–H and O–H groups in total. The lowest BCUT2D eigenvalue weighted by molar-refractivity contribution is -0.130. The second kappa shape index (κ2) is 3.53. The van der Waals surface area contributed by atoms with Gasteiger partial charge in [-0.05, 0) is 13.3 Å². The van der Waals surface area contributed by atoms with Gasteiger partial charge in [0.2, 0.25) is 5.91 Å². The minimum absolute atomic E-state index is 0.140. The summed E-state index contributed by atoms with van der Waals surface area (Å²) in [4.78, 5) is 13.2. The van der Waals surface area contributed by atoms with Crippen LogP contribution in [0.25, 0.3) is 0 Å². The highest BCUT2D eigenvalue weighted by molar-refractivity contribution is 5.93. The Bertz CT molecular complexity index is 183. The molecule has 1 amide bonds. The van der Waals surface area contributed by atoms with Crippen LogP contribution in [0.5, 0.6) is 0 Å². The third kappa shape index (κ3) is 1.80. The van der Waals surface area contributed by atoms with Crippen LogP contribution < -0.4 is 5.73 Å². The van der Waals surface area contributed by atoms with Crippen LogP contribution in [0.3, 0.4) is 0 Å². The van der Waals surface area contributed by atoms with Gasteiger partial charge in [-0.25, -0.2) is 0 Å². The second-order valence-corrected chi connectivity index (χ2v) is 2.77. The molecule has 3 nitrogen and oxygen atoms in total. The molecule has 1 heterocycles. The Kier molecular flexibility index (Phi) is 2.65. The molecule has 1 fully saturated rings. The van der Waals surface area contributed by atoms with Crippen LogP contribution in [0.4, 0.5) is 0 Å². The first-order valence-corrected chi connectivity index (χ1v) is 3.92. The van der Waals surface area contributed by atoms with E-state index in [1.54, 1.807) is 6.08 Å². The highest BCUT2D eigenvalue weighted by Crippen LogP contribution is 2.09. The van der Waals surface area contributed by atoms with Gasteiger partial charge in [-0.3, -0.25) is 4.79 Å². The van der Waals surface area contributed by atoms with Crippen molar-refractivity contribution in [1.82, 2.24) is 4.90 Å². The number of amides is 1. The lowest BCUT2D eigenvalue weighted by atomic mass is 10.1. The first-order valence-electron chi connectivity index (χ1n) is 3.92. The molecule has 3 heteroatoms. The summed E-state index contributed by atoms with van der Waals surface area (Å²) in [6, 6.07) is 0. The molecule has 0 saturated carbocycles. The fraction of sp³-hybridized carbons (Fsp3) is 0.625. The molecule has 0 radical (unpaired) electrons. The Morgan fingerprint density at radius 1 is 1.64 bits per heavy atom. The fourth-order valence-electron chi connectivity index (χ4n) is 1.03. The van der Waals surface area contributed by atoms with E-state index in [1.165, 1.54) is 0 Å². The van der Waals surface area contributed by atoms with Crippen molar-refractivity contribution in [3.63, 3.8) is 0 Å². The molecule has 62 valence electrons. The number of carbonyl (C=O) groups excluding carboxylic acids is 1. The molecule has 1 aliphatic rings. The third-order valence-corrected chi connectivity index (χ3v) is 1.90. The normalized spacial score (nSPS) is 18.0. The maximum Gasteiger partial charge on any atom is 0.249 e. The van der Waals surface area contributed by atoms with Crippen LogP contribution in [-0.4, -0.2) is 30.4 Å². The zero-order chi connectivity index (χ0) is 8.27. The lowest BCUT2D eigenvalue weighted by Gasteiger charge is -2.31. The summed E-state index contributed by atoms with van der Waals surface area (Å²) in [6.07, 6.45) is 2.91. The summed E-state index contributed by atoms with van der Waals surface area (Å²) in [6.45, 7) is 4.09. The molecular formula is C8H14N2O. The Hall–Kier alpha value is -0.830. The Morgan fingerprint density at radius 2 is 2.27 bits per heavy atom. The zero-order valence-corrected chi connectivity index (χ0v) is 6.84. The van der Waals surface area contributed by atoms with Gasteiger partial charge < -0.3 is 10.6 Å². The van der Waals surface area contributed by atoms with Gasteiger partial charge in [-0.15, -0.1) is 0 Å². The van der Waals surface area contributed by atoms with E-state index < -0.39 is 0 Å². The van der Waals surface area contributed by atoms with Crippen molar-refractivity contribution >= 4 is 5.91 Å². The summed E-state index contributed by atoms with van der Waals surface area (Å²) in [7, 11) is 0. The lowest BCUT2D eigenvalue weighted by Crippen LogP contribution is -2.42. The summed E-state index contributed by atoms with van der Waals surface area (Å²) in [5.74, 6) is 0.140. The average molecular weight is 154 g/mol. The number of nitrogens with zero attached hydrogens (tertiary/aromatic N) is 1. The van der Waals surface area contributed by atoms with E-state index in [9.17, 15) is 4.79 Å². The predicted molar refractivity (Wildman–Crippen MR) is 44.0 cm³/mol. The van der Waals surface area contributed by atoms with E-state index in [0.717, 1.165) is 25.1 Å². The van der Waals surface area contributed by atoms with Crippen molar-refractivity contribution in [2.24, 2.45) is 5.73 Å². The number of nitrogens with two attached hydrogens (primary N) is 1. The Labute approximate surface area is 66.9 Å². The zero-order valence-electron chi connectivity index (χ0n) is 6.84. The molecule has 1 rings (SSSR count). The Balaban J connectivity index is 2.45. The average Bonchev–Trinajstić information content (AvgIpc) is 1.84. The van der Waals surface area contributed by atoms with Crippen LogP contribution in [-0.2, 0) is 4.79 Å². The maximum absolute atomic E-state index is 11.3. The Morgan fingerprint density at radius 3 is 2.64 bits per heavy atom. The molecule has 0 aromatic heterocycles. The standard InChI is InChI=1S/C8H14N2O/c1-7(3-4-9)8(11)10-5-2-6-10/h3H,2,4-6,9H2,1H3/b7-3+. The topological polar surface area (TPSA) is 46.3 Å². The van der Waals surface area contributed by atoms with Crippen LogP contribution in [0, 0.1) is 0 Å². The fourth-order valence-corrected chi connectivity index (χ4v) is 1.03. The smallest absolute Gasteiger partial charge is 0.249 e. The molecular weight excluding hydrogens is 140 g/mol. The van der Waals surface area contributed by atoms with Gasteiger partial charge in [0, 0.05) is 25.2 Å². The van der Waals surface area contributed by atoms with Crippen LogP contribution in [0.2, 0.25) is 0 Å². The number of carbonyl (C=O) groups is 1. The molecule has 0 spiro atoms. The van der Waals surface area contributed by atoms with Gasteiger partial charge in [-0.2, -0.15) is 0 Å². The van der Waals surface area contributed by atoms with Crippen LogP contribution >= 0.6 is 0 Å². The maximum atomic E-state index is 11.3. The van der Waals surface area contributed by atoms with E-state index in [2.05, 4.69) is 0 Å². The van der Waals surface area contributed by atoms with E-state index >= 15 is 0 Å². The van der Waals surface area contributed by atoms with Gasteiger partial charge in [-0.1, -0.05) is 6.08 Å². The van der Waals surface area contributed by atoms with Crippen molar-refractivity contribution in [1.29, 1.82) is 0 Å². The molecule has 0 aromatic carbocycles. The first-order chi connectivity index (χ1) is 5.25. The molecule has 1 aliphatic heterocycles. The van der Waals surface area contributed by atoms with Gasteiger partial charge in [0.05, 0.1) is 0 Å². The summed E-state index contributed by atoms with van der Waals surface area (Å²) in [5.41, 5.74) is 6.05. The quantitative estimate of drug-likeness (QED) is 0.574. The monoisotopic (exact) mass is 154 g/mol. The highest BCUT2D eigenvalue weighted by atomic mass is 16.2. The minimum atomic E-state index is 0.140. The first kappa shape index (κ1) is 8.27. The van der Waals surface area contributed by atoms with Gasteiger partial charge in [0.25, 0.3) is 0 Å². The SMILES string of the molecule is C/C(=C\CN)C(=O)N1CCC1. The summed E-state index contributed by atoms with van der Waals surface area (Å²) >= 11 is 0. The van der Waals surface area contributed by atoms with Crippen LogP contribution in [0.15, 0.2) is 11.6 Å².